The maximum Gasteiger partial charge on any atom is 0.154 e. The van der Waals surface area contributed by atoms with Gasteiger partial charge in [0.1, 0.15) is 23.4 Å². The Kier molecular flexibility index (Phi) is 4.00. The summed E-state index contributed by atoms with van der Waals surface area (Å²) in [5.74, 6) is 1.09. The van der Waals surface area contributed by atoms with Crippen molar-refractivity contribution in [3.63, 3.8) is 0 Å². The molecular weight excluding hydrogens is 281 g/mol. The Labute approximate surface area is 128 Å². The average Bonchev–Trinajstić information content (AvgIpc) is 3.00. The second kappa shape index (κ2) is 6.10. The van der Waals surface area contributed by atoms with Crippen molar-refractivity contribution in [2.75, 3.05) is 0 Å². The zero-order valence-corrected chi connectivity index (χ0v) is 12.3. The third-order valence-corrected chi connectivity index (χ3v) is 3.67. The number of rotatable bonds is 4. The van der Waals surface area contributed by atoms with Crippen LogP contribution in [0.1, 0.15) is 25.3 Å². The summed E-state index contributed by atoms with van der Waals surface area (Å²) in [6.07, 6.45) is 1.61. The zero-order valence-electron chi connectivity index (χ0n) is 12.3. The van der Waals surface area contributed by atoms with Gasteiger partial charge in [-0.15, -0.1) is 0 Å². The Morgan fingerprint density at radius 1 is 1.09 bits per heavy atom. The predicted octanol–water partition coefficient (Wildman–Crippen LogP) is 4.16. The molecule has 0 saturated heterocycles. The van der Waals surface area contributed by atoms with E-state index in [9.17, 15) is 9.18 Å². The molecule has 3 rings (SSSR count). The van der Waals surface area contributed by atoms with Crippen LogP contribution in [0.4, 0.5) is 4.39 Å². The molecule has 2 aromatic carbocycles. The highest BCUT2D eigenvalue weighted by molar-refractivity contribution is 6.04. The van der Waals surface area contributed by atoms with E-state index in [1.54, 1.807) is 19.1 Å². The molecule has 0 spiro atoms. The van der Waals surface area contributed by atoms with Crippen LogP contribution in [0.5, 0.6) is 11.5 Å². The largest absolute Gasteiger partial charge is 0.457 e. The molecule has 0 fully saturated rings. The number of carbonyl (C=O) groups excluding carboxylic acids is 1. The van der Waals surface area contributed by atoms with Gasteiger partial charge in [-0.2, -0.15) is 0 Å². The van der Waals surface area contributed by atoms with E-state index in [2.05, 4.69) is 4.99 Å². The van der Waals surface area contributed by atoms with E-state index >= 15 is 0 Å². The maximum atomic E-state index is 12.8. The summed E-state index contributed by atoms with van der Waals surface area (Å²) in [5.41, 5.74) is 1.98. The Morgan fingerprint density at radius 2 is 1.68 bits per heavy atom. The van der Waals surface area contributed by atoms with Gasteiger partial charge in [0.25, 0.3) is 0 Å². The first kappa shape index (κ1) is 14.4. The Balaban J connectivity index is 1.72. The summed E-state index contributed by atoms with van der Waals surface area (Å²) in [5, 5.41) is 0. The average molecular weight is 297 g/mol. The molecule has 1 aliphatic rings. The Morgan fingerprint density at radius 3 is 2.23 bits per heavy atom. The van der Waals surface area contributed by atoms with Crippen LogP contribution >= 0.6 is 0 Å². The van der Waals surface area contributed by atoms with Crippen LogP contribution in [0.15, 0.2) is 53.5 Å². The molecule has 3 nitrogen and oxygen atoms in total. The monoisotopic (exact) mass is 297 g/mol. The molecule has 0 amide bonds. The van der Waals surface area contributed by atoms with Crippen LogP contribution in [0.2, 0.25) is 0 Å². The van der Waals surface area contributed by atoms with Crippen LogP contribution in [-0.4, -0.2) is 17.5 Å². The summed E-state index contributed by atoms with van der Waals surface area (Å²) in [6.45, 7) is 1.58. The van der Waals surface area contributed by atoms with Crippen molar-refractivity contribution in [2.45, 2.75) is 25.8 Å². The van der Waals surface area contributed by atoms with Crippen molar-refractivity contribution >= 4 is 11.5 Å². The Bertz CT molecular complexity index is 705. The fourth-order valence-electron chi connectivity index (χ4n) is 2.46. The highest BCUT2D eigenvalue weighted by Crippen LogP contribution is 2.24. The van der Waals surface area contributed by atoms with E-state index in [1.165, 1.54) is 12.1 Å². The fourth-order valence-corrected chi connectivity index (χ4v) is 2.46. The molecule has 22 heavy (non-hydrogen) atoms. The maximum absolute atomic E-state index is 12.8. The summed E-state index contributed by atoms with van der Waals surface area (Å²) in [7, 11) is 0. The van der Waals surface area contributed by atoms with Crippen LogP contribution < -0.4 is 4.74 Å². The van der Waals surface area contributed by atoms with E-state index in [-0.39, 0.29) is 17.6 Å². The van der Waals surface area contributed by atoms with Gasteiger partial charge in [0.2, 0.25) is 0 Å². The van der Waals surface area contributed by atoms with Gasteiger partial charge in [-0.05, 0) is 73.9 Å². The fraction of sp³-hybridized carbons (Fsp3) is 0.222. The first-order valence-corrected chi connectivity index (χ1v) is 7.23. The number of Topliss-reactive ketones (excluding diaryl/α,β-unsaturated/α-hetero) is 1. The van der Waals surface area contributed by atoms with Gasteiger partial charge < -0.3 is 4.74 Å². The molecule has 0 saturated carbocycles. The first-order valence-electron chi connectivity index (χ1n) is 7.23. The number of nitrogens with zero attached hydrogens (tertiary/aromatic N) is 1. The third kappa shape index (κ3) is 3.22. The smallest absolute Gasteiger partial charge is 0.154 e. The van der Waals surface area contributed by atoms with E-state index in [1.807, 2.05) is 24.3 Å². The summed E-state index contributed by atoms with van der Waals surface area (Å²) in [4.78, 5) is 15.8. The van der Waals surface area contributed by atoms with Crippen molar-refractivity contribution in [3.8, 4) is 11.5 Å². The number of carbonyl (C=O) groups is 1. The second-order valence-corrected chi connectivity index (χ2v) is 5.32. The number of hydrogen-bond acceptors (Lipinski definition) is 3. The topological polar surface area (TPSA) is 38.7 Å². The van der Waals surface area contributed by atoms with E-state index in [0.29, 0.717) is 11.5 Å². The molecular formula is C18H16FNO2. The van der Waals surface area contributed by atoms with Crippen molar-refractivity contribution in [1.29, 1.82) is 0 Å². The zero-order chi connectivity index (χ0) is 15.5. The molecule has 0 aromatic heterocycles. The van der Waals surface area contributed by atoms with Crippen molar-refractivity contribution < 1.29 is 13.9 Å². The second-order valence-electron chi connectivity index (χ2n) is 5.32. The molecule has 2 aromatic rings. The lowest BCUT2D eigenvalue weighted by atomic mass is 10.1. The highest BCUT2D eigenvalue weighted by atomic mass is 19.1. The van der Waals surface area contributed by atoms with Gasteiger partial charge >= 0.3 is 0 Å². The van der Waals surface area contributed by atoms with E-state index < -0.39 is 0 Å². The molecule has 0 N–H and O–H groups in total. The number of aliphatic imine (C=N–C) groups is 1. The molecule has 112 valence electrons. The highest BCUT2D eigenvalue weighted by Gasteiger charge is 2.21. The molecule has 4 heteroatoms. The van der Waals surface area contributed by atoms with Gasteiger partial charge in [0.05, 0.1) is 0 Å². The van der Waals surface area contributed by atoms with Gasteiger partial charge in [-0.25, -0.2) is 4.39 Å². The standard InChI is InChI=1S/C18H16FNO2/c1-12(21)17-10-11-18(20-17)13-2-6-15(7-3-13)22-16-8-4-14(19)5-9-16/h2-9,17H,10-11H2,1H3. The van der Waals surface area contributed by atoms with Gasteiger partial charge in [0.15, 0.2) is 5.78 Å². The molecule has 0 aliphatic carbocycles. The van der Waals surface area contributed by atoms with Crippen LogP contribution in [0.25, 0.3) is 0 Å². The van der Waals surface area contributed by atoms with Crippen molar-refractivity contribution in [1.82, 2.24) is 0 Å². The molecule has 1 atom stereocenters. The van der Waals surface area contributed by atoms with Gasteiger partial charge in [-0.3, -0.25) is 9.79 Å². The quantitative estimate of drug-likeness (QED) is 0.850. The molecule has 0 radical (unpaired) electrons. The van der Waals surface area contributed by atoms with Crippen LogP contribution in [0.3, 0.4) is 0 Å². The summed E-state index contributed by atoms with van der Waals surface area (Å²) in [6, 6.07) is 13.3. The number of halogens is 1. The van der Waals surface area contributed by atoms with Gasteiger partial charge in [-0.1, -0.05) is 0 Å². The minimum Gasteiger partial charge on any atom is -0.457 e. The Hall–Kier alpha value is -2.49. The minimum absolute atomic E-state index is 0.117. The molecule has 1 unspecified atom stereocenters. The third-order valence-electron chi connectivity index (χ3n) is 3.67. The summed E-state index contributed by atoms with van der Waals surface area (Å²) < 4.78 is 18.5. The molecule has 0 bridgehead atoms. The number of ketones is 1. The van der Waals surface area contributed by atoms with Crippen molar-refractivity contribution in [3.05, 3.63) is 59.9 Å². The first-order chi connectivity index (χ1) is 10.6. The van der Waals surface area contributed by atoms with Crippen molar-refractivity contribution in [2.24, 2.45) is 4.99 Å². The minimum atomic E-state index is -0.290. The summed E-state index contributed by atoms with van der Waals surface area (Å²) >= 11 is 0. The SMILES string of the molecule is CC(=O)C1CCC(c2ccc(Oc3ccc(F)cc3)cc2)=N1. The lowest BCUT2D eigenvalue weighted by Crippen LogP contribution is -2.10. The molecule has 1 heterocycles. The van der Waals surface area contributed by atoms with Crippen LogP contribution in [-0.2, 0) is 4.79 Å². The lowest BCUT2D eigenvalue weighted by molar-refractivity contribution is -0.118. The number of benzene rings is 2. The molecule has 1 aliphatic heterocycles. The number of hydrogen-bond donors (Lipinski definition) is 0. The predicted molar refractivity (Wildman–Crippen MR) is 83.2 cm³/mol. The lowest BCUT2D eigenvalue weighted by Gasteiger charge is -2.07. The van der Waals surface area contributed by atoms with Gasteiger partial charge in [0, 0.05) is 5.71 Å². The van der Waals surface area contributed by atoms with E-state index in [0.717, 1.165) is 24.1 Å². The number of ether oxygens (including phenoxy) is 1. The van der Waals surface area contributed by atoms with E-state index in [4.69, 9.17) is 4.74 Å². The van der Waals surface area contributed by atoms with Crippen LogP contribution in [0, 0.1) is 5.82 Å². The normalized spacial score (nSPS) is 17.2.